The van der Waals surface area contributed by atoms with Crippen molar-refractivity contribution in [3.8, 4) is 11.1 Å². The topological polar surface area (TPSA) is 95.6 Å². The molecule has 7 nitrogen and oxygen atoms in total. The zero-order chi connectivity index (χ0) is 24.4. The Morgan fingerprint density at radius 3 is 2.29 bits per heavy atom. The average Bonchev–Trinajstić information content (AvgIpc) is 2.87. The number of sulfonamides is 1. The van der Waals surface area contributed by atoms with Crippen LogP contribution in [0.15, 0.2) is 77.7 Å². The van der Waals surface area contributed by atoms with Crippen LogP contribution in [0, 0.1) is 0 Å². The fourth-order valence-electron chi connectivity index (χ4n) is 4.87. The van der Waals surface area contributed by atoms with Gasteiger partial charge in [0.15, 0.2) is 0 Å². The van der Waals surface area contributed by atoms with E-state index in [1.165, 1.54) is 6.42 Å². The van der Waals surface area contributed by atoms with Gasteiger partial charge in [-0.3, -0.25) is 13.9 Å². The molecule has 0 bridgehead atoms. The van der Waals surface area contributed by atoms with Crippen LogP contribution in [0.1, 0.15) is 42.5 Å². The molecule has 2 amide bonds. The van der Waals surface area contributed by atoms with E-state index in [2.05, 4.69) is 10.6 Å². The van der Waals surface area contributed by atoms with E-state index in [9.17, 15) is 18.0 Å². The van der Waals surface area contributed by atoms with Crippen molar-refractivity contribution in [3.05, 3.63) is 78.4 Å². The number of hydrogen-bond donors (Lipinski definition) is 2. The Kier molecular flexibility index (Phi) is 6.30. The van der Waals surface area contributed by atoms with Gasteiger partial charge in [0.05, 0.1) is 21.8 Å². The molecule has 1 saturated carbocycles. The third kappa shape index (κ3) is 4.53. The molecule has 0 aromatic heterocycles. The first-order chi connectivity index (χ1) is 16.9. The number of amides is 2. The number of nitrogens with one attached hydrogen (secondary N) is 2. The highest BCUT2D eigenvalue weighted by Gasteiger charge is 2.35. The summed E-state index contributed by atoms with van der Waals surface area (Å²) >= 11 is 0. The maximum absolute atomic E-state index is 13.4. The van der Waals surface area contributed by atoms with E-state index in [1.54, 1.807) is 60.7 Å². The van der Waals surface area contributed by atoms with Crippen molar-refractivity contribution in [1.82, 2.24) is 5.32 Å². The molecule has 1 heterocycles. The second-order valence-corrected chi connectivity index (χ2v) is 10.8. The fraction of sp³-hybridized carbons (Fsp3) is 0.259. The maximum Gasteiger partial charge on any atom is 0.265 e. The number of fused-ring (bicyclic) bond motifs is 3. The van der Waals surface area contributed by atoms with E-state index in [-0.39, 0.29) is 16.8 Å². The summed E-state index contributed by atoms with van der Waals surface area (Å²) in [6.45, 7) is -0.410. The number of carbonyl (C=O) groups is 2. The van der Waals surface area contributed by atoms with Crippen LogP contribution >= 0.6 is 0 Å². The van der Waals surface area contributed by atoms with Crippen LogP contribution < -0.4 is 14.9 Å². The van der Waals surface area contributed by atoms with Crippen molar-refractivity contribution in [1.29, 1.82) is 0 Å². The molecule has 3 aromatic rings. The molecular weight excluding hydrogens is 462 g/mol. The molecule has 2 aliphatic rings. The minimum absolute atomic E-state index is 0.134. The second kappa shape index (κ2) is 9.54. The summed E-state index contributed by atoms with van der Waals surface area (Å²) in [6.07, 6.45) is 5.28. The molecule has 0 radical (unpaired) electrons. The lowest BCUT2D eigenvalue weighted by Gasteiger charge is -2.31. The Hall–Kier alpha value is -3.65. The van der Waals surface area contributed by atoms with Crippen LogP contribution in [0.25, 0.3) is 11.1 Å². The molecule has 2 N–H and O–H groups in total. The van der Waals surface area contributed by atoms with Gasteiger partial charge < -0.3 is 10.6 Å². The second-order valence-electron chi connectivity index (χ2n) is 8.93. The number of carbonyl (C=O) groups excluding carboxylic acids is 2. The summed E-state index contributed by atoms with van der Waals surface area (Å²) in [4.78, 5) is 26.2. The lowest BCUT2D eigenvalue weighted by atomic mass is 9.95. The van der Waals surface area contributed by atoms with E-state index in [4.69, 9.17) is 0 Å². The Labute approximate surface area is 205 Å². The summed E-state index contributed by atoms with van der Waals surface area (Å²) in [5, 5.41) is 5.83. The predicted octanol–water partition coefficient (Wildman–Crippen LogP) is 4.56. The van der Waals surface area contributed by atoms with E-state index < -0.39 is 22.5 Å². The predicted molar refractivity (Wildman–Crippen MR) is 136 cm³/mol. The lowest BCUT2D eigenvalue weighted by Crippen LogP contribution is -2.40. The van der Waals surface area contributed by atoms with Crippen LogP contribution in [0.3, 0.4) is 0 Å². The molecule has 1 fully saturated rings. The van der Waals surface area contributed by atoms with E-state index in [0.29, 0.717) is 22.5 Å². The van der Waals surface area contributed by atoms with E-state index in [1.807, 2.05) is 12.1 Å². The minimum Gasteiger partial charge on any atom is -0.349 e. The van der Waals surface area contributed by atoms with Gasteiger partial charge in [0.1, 0.15) is 6.54 Å². The highest BCUT2D eigenvalue weighted by molar-refractivity contribution is 7.93. The van der Waals surface area contributed by atoms with Crippen molar-refractivity contribution in [3.63, 3.8) is 0 Å². The Balaban J connectivity index is 1.38. The van der Waals surface area contributed by atoms with Gasteiger partial charge in [-0.1, -0.05) is 67.8 Å². The number of nitrogens with zero attached hydrogens (tertiary/aromatic N) is 1. The van der Waals surface area contributed by atoms with Gasteiger partial charge in [-0.2, -0.15) is 0 Å². The summed E-state index contributed by atoms with van der Waals surface area (Å²) in [5.74, 6) is -0.765. The quantitative estimate of drug-likeness (QED) is 0.549. The smallest absolute Gasteiger partial charge is 0.265 e. The lowest BCUT2D eigenvalue weighted by molar-refractivity contribution is -0.114. The van der Waals surface area contributed by atoms with Crippen molar-refractivity contribution in [2.45, 2.75) is 43.0 Å². The molecule has 0 spiro atoms. The van der Waals surface area contributed by atoms with Gasteiger partial charge >= 0.3 is 0 Å². The number of rotatable bonds is 5. The molecule has 0 atom stereocenters. The highest BCUT2D eigenvalue weighted by atomic mass is 32.2. The standard InChI is InChI=1S/C27H27N3O4S/c31-26(29-23-15-7-4-14-22(23)27(32)28-19-10-2-1-3-11-19)18-30-24-16-8-5-12-20(24)21-13-6-9-17-25(21)35(30,33)34/h4-9,12-17,19H,1-3,10-11,18H2,(H,28,32)(H,29,31). The van der Waals surface area contributed by atoms with Crippen molar-refractivity contribution in [2.75, 3.05) is 16.2 Å². The van der Waals surface area contributed by atoms with Crippen LogP contribution in [-0.4, -0.2) is 32.8 Å². The van der Waals surface area contributed by atoms with Gasteiger partial charge in [-0.05, 0) is 37.1 Å². The number of para-hydroxylation sites is 2. The normalized spacial score (nSPS) is 16.6. The Morgan fingerprint density at radius 2 is 1.49 bits per heavy atom. The van der Waals surface area contributed by atoms with Crippen molar-refractivity contribution in [2.24, 2.45) is 0 Å². The molecule has 5 rings (SSSR count). The first-order valence-electron chi connectivity index (χ1n) is 11.9. The van der Waals surface area contributed by atoms with Gasteiger partial charge in [0, 0.05) is 17.2 Å². The third-order valence-corrected chi connectivity index (χ3v) is 8.41. The maximum atomic E-state index is 13.4. The van der Waals surface area contributed by atoms with E-state index in [0.717, 1.165) is 35.6 Å². The van der Waals surface area contributed by atoms with Gasteiger partial charge in [-0.15, -0.1) is 0 Å². The van der Waals surface area contributed by atoms with Crippen molar-refractivity contribution < 1.29 is 18.0 Å². The van der Waals surface area contributed by atoms with Crippen LogP contribution in [-0.2, 0) is 14.8 Å². The van der Waals surface area contributed by atoms with Gasteiger partial charge in [-0.25, -0.2) is 8.42 Å². The van der Waals surface area contributed by atoms with Gasteiger partial charge in [0.25, 0.3) is 15.9 Å². The molecule has 1 aliphatic heterocycles. The Morgan fingerprint density at radius 1 is 0.829 bits per heavy atom. The fourth-order valence-corrected chi connectivity index (χ4v) is 6.52. The first kappa shape index (κ1) is 23.1. The monoisotopic (exact) mass is 489 g/mol. The van der Waals surface area contributed by atoms with Crippen LogP contribution in [0.5, 0.6) is 0 Å². The van der Waals surface area contributed by atoms with Crippen molar-refractivity contribution >= 4 is 33.2 Å². The molecule has 0 unspecified atom stereocenters. The molecule has 0 saturated heterocycles. The van der Waals surface area contributed by atoms with Gasteiger partial charge in [0.2, 0.25) is 5.91 Å². The SMILES string of the molecule is O=C(CN1c2ccccc2-c2ccccc2S1(=O)=O)Nc1ccccc1C(=O)NC1CCCCC1. The summed E-state index contributed by atoms with van der Waals surface area (Å²) < 4.78 is 28.0. The van der Waals surface area contributed by atoms with E-state index >= 15 is 0 Å². The van der Waals surface area contributed by atoms with Crippen LogP contribution in [0.4, 0.5) is 11.4 Å². The largest absolute Gasteiger partial charge is 0.349 e. The average molecular weight is 490 g/mol. The number of benzene rings is 3. The molecular formula is C27H27N3O4S. The number of hydrogen-bond acceptors (Lipinski definition) is 4. The zero-order valence-electron chi connectivity index (χ0n) is 19.2. The highest BCUT2D eigenvalue weighted by Crippen LogP contribution is 2.42. The third-order valence-electron chi connectivity index (χ3n) is 6.59. The molecule has 8 heteroatoms. The summed E-state index contributed by atoms with van der Waals surface area (Å²) in [7, 11) is -3.94. The minimum atomic E-state index is -3.94. The summed E-state index contributed by atoms with van der Waals surface area (Å²) in [6, 6.07) is 20.8. The van der Waals surface area contributed by atoms with Crippen LogP contribution in [0.2, 0.25) is 0 Å². The first-order valence-corrected chi connectivity index (χ1v) is 13.3. The molecule has 3 aromatic carbocycles. The molecule has 35 heavy (non-hydrogen) atoms. The number of anilines is 2. The Bertz CT molecular complexity index is 1380. The summed E-state index contributed by atoms with van der Waals surface area (Å²) in [5.41, 5.74) is 2.53. The molecule has 180 valence electrons. The zero-order valence-corrected chi connectivity index (χ0v) is 20.1. The molecule has 1 aliphatic carbocycles.